The van der Waals surface area contributed by atoms with E-state index >= 15 is 0 Å². The van der Waals surface area contributed by atoms with Gasteiger partial charge in [-0.15, -0.1) is 0 Å². The molecule has 3 nitrogen and oxygen atoms in total. The zero-order chi connectivity index (χ0) is 29.2. The molecule has 0 aromatic heterocycles. The van der Waals surface area contributed by atoms with Crippen molar-refractivity contribution < 1.29 is 0 Å². The maximum absolute atomic E-state index is 9.93. The summed E-state index contributed by atoms with van der Waals surface area (Å²) in [6.45, 7) is 7.89. The number of benzene rings is 7. The summed E-state index contributed by atoms with van der Waals surface area (Å²) in [5.41, 5.74) is 6.53. The largest absolute Gasteiger partial charge is 0.310 e. The Hall–Kier alpha value is -6.16. The molecule has 3 heteroatoms. The lowest BCUT2D eigenvalue weighted by atomic mass is 9.94. The van der Waals surface area contributed by atoms with Crippen molar-refractivity contribution in [3.05, 3.63) is 168 Å². The lowest BCUT2D eigenvalue weighted by Gasteiger charge is -2.27. The average Bonchev–Trinajstić information content (AvgIpc) is 3.07. The number of fused-ring (bicyclic) bond motifs is 3. The van der Waals surface area contributed by atoms with Crippen molar-refractivity contribution in [2.24, 2.45) is 0 Å². The first-order valence-electron chi connectivity index (χ1n) is 14.1. The van der Waals surface area contributed by atoms with Gasteiger partial charge in [-0.05, 0) is 68.4 Å². The van der Waals surface area contributed by atoms with Crippen molar-refractivity contribution in [2.75, 3.05) is 4.90 Å². The molecule has 0 saturated carbocycles. The van der Waals surface area contributed by atoms with Crippen molar-refractivity contribution in [2.45, 2.75) is 0 Å². The van der Waals surface area contributed by atoms with Crippen LogP contribution in [0.5, 0.6) is 0 Å². The van der Waals surface area contributed by atoms with Crippen LogP contribution in [-0.4, -0.2) is 0 Å². The Bertz CT molecular complexity index is 2240. The Labute approximate surface area is 250 Å². The molecule has 43 heavy (non-hydrogen) atoms. The molecule has 7 aromatic carbocycles. The molecule has 0 aliphatic rings. The number of nitrogens with zero attached hydrogens (tertiary/aromatic N) is 3. The van der Waals surface area contributed by atoms with E-state index in [4.69, 9.17) is 6.57 Å². The van der Waals surface area contributed by atoms with Crippen molar-refractivity contribution >= 4 is 67.2 Å². The summed E-state index contributed by atoms with van der Waals surface area (Å²) >= 11 is 0. The van der Waals surface area contributed by atoms with Crippen LogP contribution < -0.4 is 4.90 Å². The minimum Gasteiger partial charge on any atom is -0.310 e. The van der Waals surface area contributed by atoms with Crippen LogP contribution in [0.3, 0.4) is 0 Å². The molecular formula is C40H25N3. The van der Waals surface area contributed by atoms with E-state index in [9.17, 15) is 5.26 Å². The Balaban J connectivity index is 1.26. The predicted molar refractivity (Wildman–Crippen MR) is 180 cm³/mol. The highest BCUT2D eigenvalue weighted by molar-refractivity contribution is 6.15. The molecule has 0 spiro atoms. The van der Waals surface area contributed by atoms with Crippen molar-refractivity contribution in [3.8, 4) is 6.07 Å². The second kappa shape index (κ2) is 11.0. The maximum atomic E-state index is 9.93. The standard InChI is InChI=1S/C40H25N3/c1-42-40-36-16-8-7-15-34(36)38(27-41)35-25-22-29(26-37(35)40)19-18-28-20-23-32(24-21-28)43(31-12-3-2-4-13-31)39-17-9-11-30-10-5-6-14-33(30)39/h2-26H. The molecule has 0 aliphatic heterocycles. The summed E-state index contributed by atoms with van der Waals surface area (Å²) in [5, 5.41) is 15.6. The molecule has 200 valence electrons. The van der Waals surface area contributed by atoms with Gasteiger partial charge in [0.1, 0.15) is 6.07 Å². The smallest absolute Gasteiger partial charge is 0.202 e. The highest BCUT2D eigenvalue weighted by atomic mass is 15.1. The van der Waals surface area contributed by atoms with E-state index in [-0.39, 0.29) is 0 Å². The monoisotopic (exact) mass is 547 g/mol. The van der Waals surface area contributed by atoms with Crippen LogP contribution in [0.4, 0.5) is 22.7 Å². The van der Waals surface area contributed by atoms with Gasteiger partial charge in [0, 0.05) is 16.8 Å². The van der Waals surface area contributed by atoms with E-state index in [0.717, 1.165) is 49.7 Å². The van der Waals surface area contributed by atoms with Crippen LogP contribution in [0.2, 0.25) is 0 Å². The molecule has 0 amide bonds. The van der Waals surface area contributed by atoms with Crippen LogP contribution in [0.25, 0.3) is 49.3 Å². The predicted octanol–water partition coefficient (Wildman–Crippen LogP) is 11.2. The van der Waals surface area contributed by atoms with Gasteiger partial charge in [0.2, 0.25) is 5.69 Å². The fourth-order valence-corrected chi connectivity index (χ4v) is 5.85. The van der Waals surface area contributed by atoms with Gasteiger partial charge in [-0.3, -0.25) is 0 Å². The second-order valence-electron chi connectivity index (χ2n) is 10.4. The van der Waals surface area contributed by atoms with E-state index in [2.05, 4.69) is 119 Å². The first-order valence-corrected chi connectivity index (χ1v) is 14.1. The number of para-hydroxylation sites is 1. The number of hydrogen-bond acceptors (Lipinski definition) is 2. The van der Waals surface area contributed by atoms with Crippen LogP contribution >= 0.6 is 0 Å². The van der Waals surface area contributed by atoms with Gasteiger partial charge in [0.05, 0.1) is 17.8 Å². The molecule has 7 rings (SSSR count). The zero-order valence-electron chi connectivity index (χ0n) is 23.3. The van der Waals surface area contributed by atoms with Gasteiger partial charge in [-0.2, -0.15) is 5.26 Å². The van der Waals surface area contributed by atoms with Crippen molar-refractivity contribution in [1.29, 1.82) is 5.26 Å². The minimum atomic E-state index is 0.582. The summed E-state index contributed by atoms with van der Waals surface area (Å²) < 4.78 is 0. The van der Waals surface area contributed by atoms with Gasteiger partial charge in [-0.25, -0.2) is 4.85 Å². The molecule has 0 heterocycles. The molecule has 0 saturated heterocycles. The van der Waals surface area contributed by atoms with Gasteiger partial charge in [-0.1, -0.05) is 121 Å². The molecule has 0 unspecified atom stereocenters. The first-order chi connectivity index (χ1) is 21.2. The lowest BCUT2D eigenvalue weighted by molar-refractivity contribution is 1.30. The summed E-state index contributed by atoms with van der Waals surface area (Å²) in [6.07, 6.45) is 4.14. The molecule has 0 fully saturated rings. The van der Waals surface area contributed by atoms with Crippen LogP contribution in [0, 0.1) is 17.9 Å². The summed E-state index contributed by atoms with van der Waals surface area (Å²) in [4.78, 5) is 6.16. The van der Waals surface area contributed by atoms with Crippen molar-refractivity contribution in [1.82, 2.24) is 0 Å². The Kier molecular flexibility index (Phi) is 6.61. The molecule has 7 aromatic rings. The lowest BCUT2D eigenvalue weighted by Crippen LogP contribution is -2.10. The fraction of sp³-hybridized carbons (Fsp3) is 0. The molecule has 0 N–H and O–H groups in total. The molecule has 0 radical (unpaired) electrons. The highest BCUT2D eigenvalue weighted by Crippen LogP contribution is 2.40. The number of anilines is 3. The van der Waals surface area contributed by atoms with E-state index in [0.29, 0.717) is 11.3 Å². The number of hydrogen-bond donors (Lipinski definition) is 0. The fourth-order valence-electron chi connectivity index (χ4n) is 5.85. The third-order valence-corrected chi connectivity index (χ3v) is 7.88. The third kappa shape index (κ3) is 4.66. The van der Waals surface area contributed by atoms with Gasteiger partial charge in [0.15, 0.2) is 0 Å². The summed E-state index contributed by atoms with van der Waals surface area (Å²) in [5.74, 6) is 0. The molecule has 0 atom stereocenters. The third-order valence-electron chi connectivity index (χ3n) is 7.88. The highest BCUT2D eigenvalue weighted by Gasteiger charge is 2.15. The SMILES string of the molecule is [C-]#[N+]c1c2ccccc2c(C#N)c2ccc(C=Cc3ccc(N(c4ccccc4)c4cccc5ccccc45)cc3)cc12. The van der Waals surface area contributed by atoms with Crippen LogP contribution in [0.15, 0.2) is 140 Å². The maximum Gasteiger partial charge on any atom is 0.202 e. The second-order valence-corrected chi connectivity index (χ2v) is 10.4. The summed E-state index contributed by atoms with van der Waals surface area (Å²) in [6, 6.07) is 49.9. The Morgan fingerprint density at radius 1 is 0.558 bits per heavy atom. The summed E-state index contributed by atoms with van der Waals surface area (Å²) in [7, 11) is 0. The molecule has 0 bridgehead atoms. The quantitative estimate of drug-likeness (QED) is 0.122. The van der Waals surface area contributed by atoms with Gasteiger partial charge in [0.25, 0.3) is 0 Å². The topological polar surface area (TPSA) is 31.4 Å². The Morgan fingerprint density at radius 3 is 1.93 bits per heavy atom. The normalized spacial score (nSPS) is 11.1. The molecule has 0 aliphatic carbocycles. The van der Waals surface area contributed by atoms with Gasteiger partial charge < -0.3 is 4.90 Å². The van der Waals surface area contributed by atoms with E-state index in [1.54, 1.807) is 0 Å². The first kappa shape index (κ1) is 25.8. The zero-order valence-corrected chi connectivity index (χ0v) is 23.3. The van der Waals surface area contributed by atoms with Gasteiger partial charge >= 0.3 is 0 Å². The van der Waals surface area contributed by atoms with E-state index in [1.807, 2.05) is 48.5 Å². The van der Waals surface area contributed by atoms with Crippen molar-refractivity contribution in [3.63, 3.8) is 0 Å². The average molecular weight is 548 g/mol. The Morgan fingerprint density at radius 2 is 1.16 bits per heavy atom. The number of rotatable bonds is 5. The van der Waals surface area contributed by atoms with Crippen LogP contribution in [-0.2, 0) is 0 Å². The van der Waals surface area contributed by atoms with E-state index in [1.165, 1.54) is 10.8 Å². The minimum absolute atomic E-state index is 0.582. The van der Waals surface area contributed by atoms with Crippen LogP contribution in [0.1, 0.15) is 16.7 Å². The molecular weight excluding hydrogens is 522 g/mol. The number of nitriles is 1. The van der Waals surface area contributed by atoms with E-state index < -0.39 is 0 Å².